The zero-order chi connectivity index (χ0) is 15.4. The number of thioether (sulfide) groups is 1. The largest absolute Gasteiger partial charge is 0.272 e. The number of rotatable bonds is 5. The number of aromatic nitrogens is 1. The average molecular weight is 347 g/mol. The first-order valence-electron chi connectivity index (χ1n) is 6.57. The maximum absolute atomic E-state index is 11.8. The molecular weight excluding hydrogens is 334 g/mol. The highest BCUT2D eigenvalue weighted by molar-refractivity contribution is 8.01. The van der Waals surface area contributed by atoms with E-state index < -0.39 is 0 Å². The van der Waals surface area contributed by atoms with E-state index in [4.69, 9.17) is 0 Å². The Labute approximate surface area is 140 Å². The topological polar surface area (TPSA) is 54.4 Å². The Balaban J connectivity index is 1.50. The van der Waals surface area contributed by atoms with Gasteiger partial charge in [0.1, 0.15) is 0 Å². The van der Waals surface area contributed by atoms with Crippen molar-refractivity contribution in [2.24, 2.45) is 5.10 Å². The lowest BCUT2D eigenvalue weighted by molar-refractivity contribution is -0.118. The van der Waals surface area contributed by atoms with Gasteiger partial charge in [-0.25, -0.2) is 10.4 Å². The first-order valence-corrected chi connectivity index (χ1v) is 9.19. The molecule has 1 aromatic carbocycles. The Kier molecular flexibility index (Phi) is 4.87. The second-order valence-corrected chi connectivity index (χ2v) is 8.05. The van der Waals surface area contributed by atoms with Crippen LogP contribution in [0, 0.1) is 6.92 Å². The van der Waals surface area contributed by atoms with Gasteiger partial charge in [-0.2, -0.15) is 5.10 Å². The Hall–Kier alpha value is -1.70. The third-order valence-electron chi connectivity index (χ3n) is 2.74. The molecule has 0 aliphatic heterocycles. The Bertz CT molecular complexity index is 789. The summed E-state index contributed by atoms with van der Waals surface area (Å²) in [7, 11) is 0. The fourth-order valence-corrected chi connectivity index (χ4v) is 4.37. The molecule has 3 rings (SSSR count). The minimum atomic E-state index is -0.131. The molecule has 0 spiro atoms. The van der Waals surface area contributed by atoms with Gasteiger partial charge in [0.15, 0.2) is 4.34 Å². The molecule has 0 unspecified atom stereocenters. The van der Waals surface area contributed by atoms with Crippen LogP contribution >= 0.6 is 34.4 Å². The maximum atomic E-state index is 11.8. The highest BCUT2D eigenvalue weighted by atomic mass is 32.2. The van der Waals surface area contributed by atoms with E-state index >= 15 is 0 Å². The van der Waals surface area contributed by atoms with E-state index in [9.17, 15) is 4.79 Å². The SMILES string of the molecule is Cc1ccc(/C=N/NC(=O)CSc2nc3ccccc3s2)s1. The summed E-state index contributed by atoms with van der Waals surface area (Å²) in [5.41, 5.74) is 3.51. The molecule has 0 atom stereocenters. The number of carbonyl (C=O) groups excluding carboxylic acids is 1. The van der Waals surface area contributed by atoms with Crippen molar-refractivity contribution < 1.29 is 4.79 Å². The fourth-order valence-electron chi connectivity index (χ4n) is 1.76. The predicted molar refractivity (Wildman–Crippen MR) is 95.1 cm³/mol. The van der Waals surface area contributed by atoms with Crippen LogP contribution in [0.2, 0.25) is 0 Å². The number of fused-ring (bicyclic) bond motifs is 1. The standard InChI is InChI=1S/C15H13N3OS3/c1-10-6-7-11(21-10)8-16-18-14(19)9-20-15-17-12-4-2-3-5-13(12)22-15/h2-8H,9H2,1H3,(H,18,19)/b16-8+. The lowest BCUT2D eigenvalue weighted by Gasteiger charge is -1.96. The summed E-state index contributed by atoms with van der Waals surface area (Å²) in [6.45, 7) is 2.04. The van der Waals surface area contributed by atoms with Crippen molar-refractivity contribution in [3.8, 4) is 0 Å². The van der Waals surface area contributed by atoms with Gasteiger partial charge in [-0.1, -0.05) is 23.9 Å². The number of hydrogen-bond acceptors (Lipinski definition) is 6. The molecule has 0 radical (unpaired) electrons. The molecule has 2 aromatic heterocycles. The molecule has 1 amide bonds. The van der Waals surface area contributed by atoms with Crippen LogP contribution in [0.15, 0.2) is 45.8 Å². The van der Waals surface area contributed by atoms with Crippen molar-refractivity contribution in [2.45, 2.75) is 11.3 Å². The molecule has 0 saturated heterocycles. The summed E-state index contributed by atoms with van der Waals surface area (Å²) >= 11 is 4.66. The summed E-state index contributed by atoms with van der Waals surface area (Å²) < 4.78 is 2.03. The number of hydrogen-bond donors (Lipinski definition) is 1. The van der Waals surface area contributed by atoms with Crippen molar-refractivity contribution in [3.63, 3.8) is 0 Å². The molecule has 112 valence electrons. The number of nitrogens with zero attached hydrogens (tertiary/aromatic N) is 2. The van der Waals surface area contributed by atoms with Gasteiger partial charge in [0.2, 0.25) is 0 Å². The van der Waals surface area contributed by atoms with Crippen LogP contribution in [0.25, 0.3) is 10.2 Å². The van der Waals surface area contributed by atoms with Crippen molar-refractivity contribution in [1.29, 1.82) is 0 Å². The summed E-state index contributed by atoms with van der Waals surface area (Å²) in [6, 6.07) is 12.0. The molecule has 0 bridgehead atoms. The van der Waals surface area contributed by atoms with Gasteiger partial charge in [0.05, 0.1) is 22.2 Å². The van der Waals surface area contributed by atoms with E-state index in [1.807, 2.05) is 43.3 Å². The van der Waals surface area contributed by atoms with Crippen LogP contribution in [0.4, 0.5) is 0 Å². The number of amides is 1. The molecule has 0 aliphatic rings. The van der Waals surface area contributed by atoms with Gasteiger partial charge in [-0.15, -0.1) is 22.7 Å². The number of thiophene rings is 1. The number of benzene rings is 1. The summed E-state index contributed by atoms with van der Waals surface area (Å²) in [6.07, 6.45) is 1.66. The van der Waals surface area contributed by atoms with Gasteiger partial charge in [-0.3, -0.25) is 4.79 Å². The monoisotopic (exact) mass is 347 g/mol. The predicted octanol–water partition coefficient (Wildman–Crippen LogP) is 3.91. The molecule has 7 heteroatoms. The smallest absolute Gasteiger partial charge is 0.250 e. The first-order chi connectivity index (χ1) is 10.7. The number of carbonyl (C=O) groups is 1. The minimum absolute atomic E-state index is 0.131. The third-order valence-corrected chi connectivity index (χ3v) is 5.86. The molecule has 0 saturated carbocycles. The van der Waals surface area contributed by atoms with Crippen LogP contribution in [-0.4, -0.2) is 22.9 Å². The van der Waals surface area contributed by atoms with E-state index in [0.717, 1.165) is 19.4 Å². The van der Waals surface area contributed by atoms with E-state index in [1.54, 1.807) is 28.9 Å². The first kappa shape index (κ1) is 15.2. The Morgan fingerprint density at radius 3 is 2.95 bits per heavy atom. The fraction of sp³-hybridized carbons (Fsp3) is 0.133. The normalized spacial score (nSPS) is 11.3. The molecule has 3 aromatic rings. The Morgan fingerprint density at radius 2 is 2.18 bits per heavy atom. The summed E-state index contributed by atoms with van der Waals surface area (Å²) in [4.78, 5) is 18.5. The molecule has 4 nitrogen and oxygen atoms in total. The van der Waals surface area contributed by atoms with Crippen LogP contribution in [-0.2, 0) is 4.79 Å². The van der Waals surface area contributed by atoms with Crippen molar-refractivity contribution in [2.75, 3.05) is 5.75 Å². The number of para-hydroxylation sites is 1. The summed E-state index contributed by atoms with van der Waals surface area (Å²) in [5.74, 6) is 0.175. The van der Waals surface area contributed by atoms with Crippen LogP contribution in [0.3, 0.4) is 0 Å². The van der Waals surface area contributed by atoms with Crippen LogP contribution in [0.1, 0.15) is 9.75 Å². The van der Waals surface area contributed by atoms with Crippen molar-refractivity contribution in [1.82, 2.24) is 10.4 Å². The van der Waals surface area contributed by atoms with Crippen LogP contribution in [0.5, 0.6) is 0 Å². The molecule has 22 heavy (non-hydrogen) atoms. The van der Waals surface area contributed by atoms with Gasteiger partial charge in [0, 0.05) is 9.75 Å². The number of aryl methyl sites for hydroxylation is 1. The van der Waals surface area contributed by atoms with Gasteiger partial charge >= 0.3 is 0 Å². The van der Waals surface area contributed by atoms with Gasteiger partial charge < -0.3 is 0 Å². The Morgan fingerprint density at radius 1 is 1.32 bits per heavy atom. The molecule has 0 aliphatic carbocycles. The van der Waals surface area contributed by atoms with E-state index in [-0.39, 0.29) is 5.91 Å². The number of nitrogens with one attached hydrogen (secondary N) is 1. The van der Waals surface area contributed by atoms with Crippen LogP contribution < -0.4 is 5.43 Å². The quantitative estimate of drug-likeness (QED) is 0.432. The van der Waals surface area contributed by atoms with Crippen molar-refractivity contribution in [3.05, 3.63) is 46.2 Å². The van der Waals surface area contributed by atoms with Gasteiger partial charge in [0.25, 0.3) is 5.91 Å². The second kappa shape index (κ2) is 7.04. The third kappa shape index (κ3) is 3.94. The minimum Gasteiger partial charge on any atom is -0.272 e. The zero-order valence-corrected chi connectivity index (χ0v) is 14.2. The molecule has 0 fully saturated rings. The maximum Gasteiger partial charge on any atom is 0.250 e. The number of thiazole rings is 1. The average Bonchev–Trinajstić information content (AvgIpc) is 3.11. The van der Waals surface area contributed by atoms with Crippen molar-refractivity contribution >= 4 is 56.8 Å². The highest BCUT2D eigenvalue weighted by Gasteiger charge is 2.06. The lowest BCUT2D eigenvalue weighted by Crippen LogP contribution is -2.19. The molecule has 2 heterocycles. The lowest BCUT2D eigenvalue weighted by atomic mass is 10.3. The zero-order valence-electron chi connectivity index (χ0n) is 11.8. The molecule has 1 N–H and O–H groups in total. The number of hydrazone groups is 1. The van der Waals surface area contributed by atoms with E-state index in [1.165, 1.54) is 16.6 Å². The summed E-state index contributed by atoms with van der Waals surface area (Å²) in [5, 5.41) is 3.97. The highest BCUT2D eigenvalue weighted by Crippen LogP contribution is 2.28. The van der Waals surface area contributed by atoms with Gasteiger partial charge in [-0.05, 0) is 31.2 Å². The van der Waals surface area contributed by atoms with E-state index in [2.05, 4.69) is 15.5 Å². The molecular formula is C15H13N3OS3. The van der Waals surface area contributed by atoms with E-state index in [0.29, 0.717) is 5.75 Å². The second-order valence-electron chi connectivity index (χ2n) is 4.48.